The van der Waals surface area contributed by atoms with E-state index in [2.05, 4.69) is 36.5 Å². The summed E-state index contributed by atoms with van der Waals surface area (Å²) >= 11 is 0. The van der Waals surface area contributed by atoms with Gasteiger partial charge in [0.15, 0.2) is 0 Å². The van der Waals surface area contributed by atoms with Crippen LogP contribution in [0.4, 0.5) is 10.6 Å². The maximum Gasteiger partial charge on any atom is 0.320 e. The van der Waals surface area contributed by atoms with E-state index in [1.54, 1.807) is 4.68 Å². The van der Waals surface area contributed by atoms with Crippen molar-refractivity contribution >= 4 is 11.8 Å². The summed E-state index contributed by atoms with van der Waals surface area (Å²) in [5, 5.41) is 10.2. The number of unbranched alkanes of at least 4 members (excludes halogenated alkanes) is 1. The van der Waals surface area contributed by atoms with Crippen molar-refractivity contribution in [2.24, 2.45) is 7.05 Å². The molecule has 2 heterocycles. The van der Waals surface area contributed by atoms with E-state index in [0.717, 1.165) is 31.6 Å². The minimum Gasteiger partial charge on any atom is -0.378 e. The van der Waals surface area contributed by atoms with Gasteiger partial charge in [0.1, 0.15) is 5.82 Å². The second kappa shape index (κ2) is 7.81. The number of aryl methyl sites for hydroxylation is 1. The van der Waals surface area contributed by atoms with Gasteiger partial charge in [0, 0.05) is 31.7 Å². The van der Waals surface area contributed by atoms with Gasteiger partial charge in [-0.2, -0.15) is 5.10 Å². The predicted molar refractivity (Wildman–Crippen MR) is 91.8 cm³/mol. The van der Waals surface area contributed by atoms with Crippen molar-refractivity contribution in [3.05, 3.63) is 11.8 Å². The zero-order valence-electron chi connectivity index (χ0n) is 14.8. The molecule has 6 heteroatoms. The maximum absolute atomic E-state index is 12.0. The summed E-state index contributed by atoms with van der Waals surface area (Å²) in [5.41, 5.74) is 0.933. The molecule has 0 saturated carbocycles. The Morgan fingerprint density at radius 1 is 1.43 bits per heavy atom. The molecule has 0 bridgehead atoms. The van der Waals surface area contributed by atoms with Gasteiger partial charge in [0.2, 0.25) is 0 Å². The lowest BCUT2D eigenvalue weighted by molar-refractivity contribution is 0.102. The molecule has 2 N–H and O–H groups in total. The highest BCUT2D eigenvalue weighted by atomic mass is 16.5. The molecule has 0 spiro atoms. The minimum absolute atomic E-state index is 0.0313. The van der Waals surface area contributed by atoms with Gasteiger partial charge in [-0.05, 0) is 32.1 Å². The van der Waals surface area contributed by atoms with Crippen LogP contribution in [-0.2, 0) is 17.2 Å². The molecule has 6 nitrogen and oxygen atoms in total. The fourth-order valence-electron chi connectivity index (χ4n) is 2.68. The van der Waals surface area contributed by atoms with Gasteiger partial charge in [-0.3, -0.25) is 10.00 Å². The summed E-state index contributed by atoms with van der Waals surface area (Å²) in [6.45, 7) is 7.91. The van der Waals surface area contributed by atoms with E-state index in [1.165, 1.54) is 12.8 Å². The second-order valence-electron chi connectivity index (χ2n) is 7.30. The van der Waals surface area contributed by atoms with Crippen LogP contribution >= 0.6 is 0 Å². The second-order valence-corrected chi connectivity index (χ2v) is 7.30. The number of rotatable bonds is 6. The van der Waals surface area contributed by atoms with E-state index in [4.69, 9.17) is 4.74 Å². The number of urea groups is 1. The van der Waals surface area contributed by atoms with Crippen molar-refractivity contribution in [1.82, 2.24) is 15.1 Å². The molecule has 0 aliphatic carbocycles. The maximum atomic E-state index is 12.0. The molecular weight excluding hydrogens is 292 g/mol. The molecule has 1 aliphatic rings. The van der Waals surface area contributed by atoms with Gasteiger partial charge < -0.3 is 10.1 Å². The molecule has 1 atom stereocenters. The zero-order chi connectivity index (χ0) is 16.9. The zero-order valence-corrected chi connectivity index (χ0v) is 14.8. The number of nitrogens with one attached hydrogen (secondary N) is 2. The third-order valence-electron chi connectivity index (χ3n) is 4.15. The van der Waals surface area contributed by atoms with Crippen LogP contribution in [0.1, 0.15) is 58.6 Å². The largest absolute Gasteiger partial charge is 0.378 e. The van der Waals surface area contributed by atoms with Gasteiger partial charge in [-0.25, -0.2) is 4.79 Å². The summed E-state index contributed by atoms with van der Waals surface area (Å²) in [4.78, 5) is 12.0. The van der Waals surface area contributed by atoms with Crippen molar-refractivity contribution in [2.45, 2.75) is 64.4 Å². The average Bonchev–Trinajstić information content (AvgIpc) is 3.08. The van der Waals surface area contributed by atoms with E-state index in [-0.39, 0.29) is 11.4 Å². The Morgan fingerprint density at radius 2 is 2.22 bits per heavy atom. The van der Waals surface area contributed by atoms with Crippen molar-refractivity contribution < 1.29 is 9.53 Å². The van der Waals surface area contributed by atoms with E-state index >= 15 is 0 Å². The van der Waals surface area contributed by atoms with E-state index in [9.17, 15) is 4.79 Å². The summed E-state index contributed by atoms with van der Waals surface area (Å²) in [7, 11) is 1.84. The molecule has 1 unspecified atom stereocenters. The molecule has 1 aromatic rings. The molecular formula is C17H30N4O2. The van der Waals surface area contributed by atoms with Crippen molar-refractivity contribution in [2.75, 3.05) is 18.5 Å². The van der Waals surface area contributed by atoms with Gasteiger partial charge in [-0.1, -0.05) is 20.8 Å². The van der Waals surface area contributed by atoms with Crippen LogP contribution < -0.4 is 10.6 Å². The molecule has 2 rings (SSSR count). The Morgan fingerprint density at radius 3 is 2.83 bits per heavy atom. The first-order chi connectivity index (χ1) is 10.9. The SMILES string of the molecule is Cn1nc(C(C)(C)C)cc1NC(=O)NCCCCC1CCCO1. The molecule has 2 amide bonds. The molecule has 0 aromatic carbocycles. The van der Waals surface area contributed by atoms with Gasteiger partial charge in [0.05, 0.1) is 11.8 Å². The number of ether oxygens (including phenoxy) is 1. The Balaban J connectivity index is 1.67. The Labute approximate surface area is 139 Å². The standard InChI is InChI=1S/C17H30N4O2/c1-17(2,3)14-12-15(21(4)20-14)19-16(22)18-10-6-5-8-13-9-7-11-23-13/h12-13H,5-11H2,1-4H3,(H2,18,19,22). The Bertz CT molecular complexity index is 513. The van der Waals surface area contributed by atoms with Crippen LogP contribution in [0.25, 0.3) is 0 Å². The van der Waals surface area contributed by atoms with Crippen molar-refractivity contribution in [1.29, 1.82) is 0 Å². The van der Waals surface area contributed by atoms with Gasteiger partial charge >= 0.3 is 6.03 Å². The van der Waals surface area contributed by atoms with E-state index < -0.39 is 0 Å². The summed E-state index contributed by atoms with van der Waals surface area (Å²) in [6, 6.07) is 1.75. The first-order valence-electron chi connectivity index (χ1n) is 8.57. The van der Waals surface area contributed by atoms with Crippen molar-refractivity contribution in [3.8, 4) is 0 Å². The highest BCUT2D eigenvalue weighted by molar-refractivity contribution is 5.88. The first-order valence-corrected chi connectivity index (χ1v) is 8.57. The van der Waals surface area contributed by atoms with Crippen LogP contribution in [0.3, 0.4) is 0 Å². The number of aromatic nitrogens is 2. The summed E-state index contributed by atoms with van der Waals surface area (Å²) in [5.74, 6) is 0.715. The predicted octanol–water partition coefficient (Wildman–Crippen LogP) is 3.19. The Hall–Kier alpha value is -1.56. The van der Waals surface area contributed by atoms with E-state index in [1.807, 2.05) is 13.1 Å². The molecule has 1 saturated heterocycles. The monoisotopic (exact) mass is 322 g/mol. The molecule has 1 aliphatic heterocycles. The average molecular weight is 322 g/mol. The lowest BCUT2D eigenvalue weighted by atomic mass is 9.92. The molecule has 1 aromatic heterocycles. The lowest BCUT2D eigenvalue weighted by Crippen LogP contribution is -2.30. The minimum atomic E-state index is -0.175. The van der Waals surface area contributed by atoms with Crippen LogP contribution in [0.5, 0.6) is 0 Å². The molecule has 130 valence electrons. The highest BCUT2D eigenvalue weighted by Gasteiger charge is 2.19. The number of hydrogen-bond donors (Lipinski definition) is 2. The number of hydrogen-bond acceptors (Lipinski definition) is 3. The highest BCUT2D eigenvalue weighted by Crippen LogP contribution is 2.23. The molecule has 23 heavy (non-hydrogen) atoms. The fraction of sp³-hybridized carbons (Fsp3) is 0.765. The smallest absolute Gasteiger partial charge is 0.320 e. The molecule has 0 radical (unpaired) electrons. The van der Waals surface area contributed by atoms with Crippen LogP contribution in [0, 0.1) is 0 Å². The van der Waals surface area contributed by atoms with Crippen LogP contribution in [0.15, 0.2) is 6.07 Å². The topological polar surface area (TPSA) is 68.2 Å². The van der Waals surface area contributed by atoms with Crippen molar-refractivity contribution in [3.63, 3.8) is 0 Å². The number of amides is 2. The normalized spacial score (nSPS) is 18.2. The van der Waals surface area contributed by atoms with Crippen LogP contribution in [-0.4, -0.2) is 35.1 Å². The number of carbonyl (C=O) groups excluding carboxylic acids is 1. The molecule has 1 fully saturated rings. The summed E-state index contributed by atoms with van der Waals surface area (Å²) in [6.07, 6.45) is 5.97. The summed E-state index contributed by atoms with van der Waals surface area (Å²) < 4.78 is 7.30. The van der Waals surface area contributed by atoms with Gasteiger partial charge in [0.25, 0.3) is 0 Å². The van der Waals surface area contributed by atoms with E-state index in [0.29, 0.717) is 18.5 Å². The van der Waals surface area contributed by atoms with Crippen LogP contribution in [0.2, 0.25) is 0 Å². The number of anilines is 1. The fourth-order valence-corrected chi connectivity index (χ4v) is 2.68. The third kappa shape index (κ3) is 5.53. The Kier molecular flexibility index (Phi) is 6.04. The lowest BCUT2D eigenvalue weighted by Gasteiger charge is -2.13. The number of carbonyl (C=O) groups is 1. The first kappa shape index (κ1) is 17.8. The third-order valence-corrected chi connectivity index (χ3v) is 4.15. The number of nitrogens with zero attached hydrogens (tertiary/aromatic N) is 2. The quantitative estimate of drug-likeness (QED) is 0.790. The van der Waals surface area contributed by atoms with Gasteiger partial charge in [-0.15, -0.1) is 0 Å².